The van der Waals surface area contributed by atoms with Gasteiger partial charge in [0.2, 0.25) is 0 Å². The molecule has 0 aliphatic rings. The Morgan fingerprint density at radius 2 is 2.05 bits per heavy atom. The number of urea groups is 1. The van der Waals surface area contributed by atoms with Crippen LogP contribution in [0.15, 0.2) is 18.2 Å². The molecule has 1 rings (SSSR count). The Bertz CT molecular complexity index is 450. The number of aliphatic hydroxyl groups is 1. The molecule has 0 heterocycles. The van der Waals surface area contributed by atoms with Crippen molar-refractivity contribution in [2.45, 2.75) is 32.3 Å². The van der Waals surface area contributed by atoms with Crippen LogP contribution in [0.5, 0.6) is 0 Å². The second-order valence-corrected chi connectivity index (χ2v) is 4.77. The molecule has 0 bridgehead atoms. The van der Waals surface area contributed by atoms with E-state index in [1.165, 1.54) is 12.1 Å². The summed E-state index contributed by atoms with van der Waals surface area (Å²) in [6.07, 6.45) is 1.09. The maximum absolute atomic E-state index is 12.8. The lowest BCUT2D eigenvalue weighted by Crippen LogP contribution is -2.43. The van der Waals surface area contributed by atoms with E-state index in [9.17, 15) is 14.3 Å². The van der Waals surface area contributed by atoms with Crippen LogP contribution < -0.4 is 10.6 Å². The van der Waals surface area contributed by atoms with E-state index in [4.69, 9.17) is 11.6 Å². The maximum atomic E-state index is 12.8. The number of anilines is 1. The minimum absolute atomic E-state index is 0.122. The van der Waals surface area contributed by atoms with E-state index in [-0.39, 0.29) is 11.6 Å². The molecule has 3 N–H and O–H groups in total. The van der Waals surface area contributed by atoms with Gasteiger partial charge in [-0.15, -0.1) is 0 Å². The summed E-state index contributed by atoms with van der Waals surface area (Å²) in [5.41, 5.74) is -0.596. The van der Waals surface area contributed by atoms with Crippen molar-refractivity contribution in [3.63, 3.8) is 0 Å². The molecule has 0 aliphatic carbocycles. The Kier molecular flexibility index (Phi) is 5.57. The number of benzene rings is 1. The molecule has 0 fully saturated rings. The Morgan fingerprint density at radius 1 is 1.42 bits per heavy atom. The molecular formula is C13H18ClFN2O2. The molecular weight excluding hydrogens is 271 g/mol. The summed E-state index contributed by atoms with van der Waals surface area (Å²) in [4.78, 5) is 11.6. The Hall–Kier alpha value is -1.33. The normalized spacial score (nSPS) is 11.2. The van der Waals surface area contributed by atoms with Gasteiger partial charge in [-0.2, -0.15) is 0 Å². The first kappa shape index (κ1) is 15.7. The van der Waals surface area contributed by atoms with Gasteiger partial charge in [0, 0.05) is 6.54 Å². The average Bonchev–Trinajstić information content (AvgIpc) is 2.39. The number of nitrogens with one attached hydrogen (secondary N) is 2. The van der Waals surface area contributed by atoms with Gasteiger partial charge in [-0.25, -0.2) is 9.18 Å². The van der Waals surface area contributed by atoms with E-state index in [1.807, 2.05) is 13.8 Å². The van der Waals surface area contributed by atoms with Crippen LogP contribution in [-0.4, -0.2) is 23.3 Å². The Labute approximate surface area is 117 Å². The third kappa shape index (κ3) is 4.69. The highest BCUT2D eigenvalue weighted by molar-refractivity contribution is 6.33. The summed E-state index contributed by atoms with van der Waals surface area (Å²) in [6.45, 7) is 3.84. The summed E-state index contributed by atoms with van der Waals surface area (Å²) in [6, 6.07) is 3.21. The second kappa shape index (κ2) is 6.73. The van der Waals surface area contributed by atoms with Crippen LogP contribution in [0.2, 0.25) is 5.02 Å². The fourth-order valence-corrected chi connectivity index (χ4v) is 1.72. The average molecular weight is 289 g/mol. The molecule has 2 amide bonds. The van der Waals surface area contributed by atoms with E-state index in [0.717, 1.165) is 6.07 Å². The lowest BCUT2D eigenvalue weighted by atomic mass is 9.98. The predicted octanol–water partition coefficient (Wildman–Crippen LogP) is 3.15. The molecule has 4 nitrogen and oxygen atoms in total. The zero-order valence-corrected chi connectivity index (χ0v) is 11.7. The van der Waals surface area contributed by atoms with Crippen molar-refractivity contribution in [2.24, 2.45) is 0 Å². The van der Waals surface area contributed by atoms with Crippen LogP contribution in [0.25, 0.3) is 0 Å². The molecule has 0 saturated heterocycles. The summed E-state index contributed by atoms with van der Waals surface area (Å²) >= 11 is 5.79. The molecule has 106 valence electrons. The van der Waals surface area contributed by atoms with Crippen molar-refractivity contribution >= 4 is 23.3 Å². The minimum atomic E-state index is -0.913. The number of amides is 2. The van der Waals surface area contributed by atoms with Gasteiger partial charge in [-0.1, -0.05) is 25.4 Å². The van der Waals surface area contributed by atoms with E-state index in [0.29, 0.717) is 18.5 Å². The summed E-state index contributed by atoms with van der Waals surface area (Å²) in [7, 11) is 0. The molecule has 0 aromatic heterocycles. The van der Waals surface area contributed by atoms with Gasteiger partial charge in [0.1, 0.15) is 5.82 Å². The Balaban J connectivity index is 2.56. The number of carbonyl (C=O) groups excluding carboxylic acids is 1. The number of carbonyl (C=O) groups is 1. The fourth-order valence-electron chi connectivity index (χ4n) is 1.50. The highest BCUT2D eigenvalue weighted by Gasteiger charge is 2.22. The molecule has 19 heavy (non-hydrogen) atoms. The van der Waals surface area contributed by atoms with Crippen molar-refractivity contribution in [1.29, 1.82) is 0 Å². The number of halogens is 2. The quantitative estimate of drug-likeness (QED) is 0.779. The van der Waals surface area contributed by atoms with E-state index in [2.05, 4.69) is 10.6 Å². The number of hydrogen-bond donors (Lipinski definition) is 3. The third-order valence-corrected chi connectivity index (χ3v) is 3.39. The molecule has 0 radical (unpaired) electrons. The monoisotopic (exact) mass is 288 g/mol. The molecule has 0 spiro atoms. The zero-order valence-electron chi connectivity index (χ0n) is 11.0. The van der Waals surface area contributed by atoms with Gasteiger partial charge >= 0.3 is 6.03 Å². The van der Waals surface area contributed by atoms with Crippen LogP contribution in [0.3, 0.4) is 0 Å². The third-order valence-electron chi connectivity index (χ3n) is 3.07. The van der Waals surface area contributed by atoms with Gasteiger partial charge in [-0.05, 0) is 31.0 Å². The number of rotatable bonds is 5. The summed E-state index contributed by atoms with van der Waals surface area (Å²) < 4.78 is 12.8. The summed E-state index contributed by atoms with van der Waals surface area (Å²) in [5.74, 6) is -0.470. The predicted molar refractivity (Wildman–Crippen MR) is 74.0 cm³/mol. The molecule has 0 atom stereocenters. The lowest BCUT2D eigenvalue weighted by Gasteiger charge is -2.25. The fraction of sp³-hybridized carbons (Fsp3) is 0.462. The van der Waals surface area contributed by atoms with Crippen LogP contribution >= 0.6 is 11.6 Å². The molecule has 0 saturated carbocycles. The van der Waals surface area contributed by atoms with Crippen LogP contribution in [0, 0.1) is 5.82 Å². The highest BCUT2D eigenvalue weighted by Crippen LogP contribution is 2.22. The lowest BCUT2D eigenvalue weighted by molar-refractivity contribution is 0.0354. The van der Waals surface area contributed by atoms with Crippen LogP contribution in [-0.2, 0) is 0 Å². The van der Waals surface area contributed by atoms with Gasteiger partial charge in [0.15, 0.2) is 0 Å². The van der Waals surface area contributed by atoms with Crippen LogP contribution in [0.4, 0.5) is 14.9 Å². The number of hydrogen-bond acceptors (Lipinski definition) is 2. The van der Waals surface area contributed by atoms with Crippen molar-refractivity contribution in [2.75, 3.05) is 11.9 Å². The Morgan fingerprint density at radius 3 is 2.58 bits per heavy atom. The zero-order chi connectivity index (χ0) is 14.5. The van der Waals surface area contributed by atoms with Crippen molar-refractivity contribution in [3.05, 3.63) is 29.0 Å². The molecule has 6 heteroatoms. The largest absolute Gasteiger partial charge is 0.388 e. The topological polar surface area (TPSA) is 61.4 Å². The molecule has 1 aromatic carbocycles. The van der Waals surface area contributed by atoms with Gasteiger partial charge in [0.05, 0.1) is 16.3 Å². The van der Waals surface area contributed by atoms with Crippen molar-refractivity contribution in [1.82, 2.24) is 5.32 Å². The molecule has 0 aliphatic heterocycles. The minimum Gasteiger partial charge on any atom is -0.388 e. The maximum Gasteiger partial charge on any atom is 0.319 e. The van der Waals surface area contributed by atoms with Gasteiger partial charge in [0.25, 0.3) is 0 Å². The summed E-state index contributed by atoms with van der Waals surface area (Å²) in [5, 5.41) is 15.2. The molecule has 1 aromatic rings. The first-order chi connectivity index (χ1) is 8.90. The first-order valence-corrected chi connectivity index (χ1v) is 6.50. The van der Waals surface area contributed by atoms with E-state index < -0.39 is 17.4 Å². The van der Waals surface area contributed by atoms with Crippen LogP contribution in [0.1, 0.15) is 26.7 Å². The second-order valence-electron chi connectivity index (χ2n) is 4.36. The highest BCUT2D eigenvalue weighted by atomic mass is 35.5. The standard InChI is InChI=1S/C13H18ClFN2O2/c1-3-13(19,4-2)8-16-12(18)17-11-6-5-9(15)7-10(11)14/h5-7,19H,3-4,8H2,1-2H3,(H2,16,17,18). The van der Waals surface area contributed by atoms with E-state index >= 15 is 0 Å². The van der Waals surface area contributed by atoms with E-state index in [1.54, 1.807) is 0 Å². The first-order valence-electron chi connectivity index (χ1n) is 6.12. The smallest absolute Gasteiger partial charge is 0.319 e. The van der Waals surface area contributed by atoms with Gasteiger partial charge < -0.3 is 15.7 Å². The SMILES string of the molecule is CCC(O)(CC)CNC(=O)Nc1ccc(F)cc1Cl. The van der Waals surface area contributed by atoms with Gasteiger partial charge in [-0.3, -0.25) is 0 Å². The molecule has 0 unspecified atom stereocenters. The van der Waals surface area contributed by atoms with Crippen molar-refractivity contribution < 1.29 is 14.3 Å². The van der Waals surface area contributed by atoms with Crippen molar-refractivity contribution in [3.8, 4) is 0 Å².